The van der Waals surface area contributed by atoms with Gasteiger partial charge in [0.25, 0.3) is 5.91 Å². The average Bonchev–Trinajstić information content (AvgIpc) is 2.71. The van der Waals surface area contributed by atoms with Crippen molar-refractivity contribution in [1.29, 1.82) is 0 Å². The zero-order valence-electron chi connectivity index (χ0n) is 15.4. The number of anilines is 2. The van der Waals surface area contributed by atoms with Gasteiger partial charge in [0.2, 0.25) is 5.91 Å². The third-order valence-electron chi connectivity index (χ3n) is 4.89. The summed E-state index contributed by atoms with van der Waals surface area (Å²) >= 11 is 3.42. The summed E-state index contributed by atoms with van der Waals surface area (Å²) in [6.07, 6.45) is 0. The highest BCUT2D eigenvalue weighted by Gasteiger charge is 2.41. The molecule has 4 nitrogen and oxygen atoms in total. The van der Waals surface area contributed by atoms with Gasteiger partial charge in [0.15, 0.2) is 0 Å². The summed E-state index contributed by atoms with van der Waals surface area (Å²) in [5, 5.41) is 0. The van der Waals surface area contributed by atoms with Crippen LogP contribution in [0.15, 0.2) is 83.3 Å². The zero-order valence-corrected chi connectivity index (χ0v) is 17.0. The van der Waals surface area contributed by atoms with Gasteiger partial charge < -0.3 is 4.90 Å². The molecule has 140 valence electrons. The molecule has 2 amide bonds. The van der Waals surface area contributed by atoms with E-state index in [9.17, 15) is 9.59 Å². The van der Waals surface area contributed by atoms with Crippen LogP contribution in [0.1, 0.15) is 17.2 Å². The third-order valence-corrected chi connectivity index (χ3v) is 5.41. The van der Waals surface area contributed by atoms with E-state index in [1.54, 1.807) is 9.80 Å². The Labute approximate surface area is 172 Å². The summed E-state index contributed by atoms with van der Waals surface area (Å²) in [5.74, 6) is -0.228. The van der Waals surface area contributed by atoms with Gasteiger partial charge in [-0.3, -0.25) is 14.5 Å². The number of aryl methyl sites for hydroxylation is 1. The number of carbonyl (C=O) groups is 2. The van der Waals surface area contributed by atoms with E-state index in [0.29, 0.717) is 5.69 Å². The molecule has 0 aliphatic carbocycles. The number of nitrogens with zero attached hydrogens (tertiary/aromatic N) is 2. The molecule has 0 saturated carbocycles. The standard InChI is InChI=1S/C23H19BrN2O2/c1-16-7-11-19(12-8-16)25-15-21(27)26(20-13-9-18(24)10-14-20)22(23(25)28)17-5-3-2-4-6-17/h2-14,22H,15H2,1H3/t22-/m0/s1. The predicted octanol–water partition coefficient (Wildman–Crippen LogP) is 4.88. The van der Waals surface area contributed by atoms with Crippen molar-refractivity contribution in [3.63, 3.8) is 0 Å². The van der Waals surface area contributed by atoms with Crippen molar-refractivity contribution in [2.24, 2.45) is 0 Å². The molecular weight excluding hydrogens is 416 g/mol. The second-order valence-electron chi connectivity index (χ2n) is 6.81. The van der Waals surface area contributed by atoms with Gasteiger partial charge >= 0.3 is 0 Å². The smallest absolute Gasteiger partial charge is 0.255 e. The fourth-order valence-corrected chi connectivity index (χ4v) is 3.72. The van der Waals surface area contributed by atoms with Crippen LogP contribution >= 0.6 is 15.9 Å². The van der Waals surface area contributed by atoms with Crippen molar-refractivity contribution in [1.82, 2.24) is 0 Å². The monoisotopic (exact) mass is 434 g/mol. The number of halogens is 1. The Morgan fingerprint density at radius 3 is 2.07 bits per heavy atom. The lowest BCUT2D eigenvalue weighted by Gasteiger charge is -2.40. The van der Waals surface area contributed by atoms with Crippen molar-refractivity contribution in [2.45, 2.75) is 13.0 Å². The molecule has 1 saturated heterocycles. The molecule has 0 radical (unpaired) electrons. The number of piperazine rings is 1. The number of hydrogen-bond acceptors (Lipinski definition) is 2. The summed E-state index contributed by atoms with van der Waals surface area (Å²) in [7, 11) is 0. The van der Waals surface area contributed by atoms with Crippen LogP contribution < -0.4 is 9.80 Å². The molecule has 0 spiro atoms. The highest BCUT2D eigenvalue weighted by atomic mass is 79.9. The molecule has 1 atom stereocenters. The third kappa shape index (κ3) is 3.45. The Balaban J connectivity index is 1.79. The topological polar surface area (TPSA) is 40.6 Å². The van der Waals surface area contributed by atoms with E-state index in [2.05, 4.69) is 15.9 Å². The van der Waals surface area contributed by atoms with Gasteiger partial charge in [-0.05, 0) is 48.9 Å². The lowest BCUT2D eigenvalue weighted by molar-refractivity contribution is -0.128. The molecule has 1 aliphatic heterocycles. The van der Waals surface area contributed by atoms with Crippen molar-refractivity contribution in [3.8, 4) is 0 Å². The largest absolute Gasteiger partial charge is 0.301 e. The SMILES string of the molecule is Cc1ccc(N2CC(=O)N(c3ccc(Br)cc3)[C@@H](c3ccccc3)C2=O)cc1. The van der Waals surface area contributed by atoms with E-state index in [4.69, 9.17) is 0 Å². The molecule has 1 heterocycles. The van der Waals surface area contributed by atoms with E-state index in [-0.39, 0.29) is 18.4 Å². The van der Waals surface area contributed by atoms with E-state index in [1.165, 1.54) is 0 Å². The van der Waals surface area contributed by atoms with Crippen molar-refractivity contribution >= 4 is 39.1 Å². The van der Waals surface area contributed by atoms with Gasteiger partial charge in [-0.1, -0.05) is 64.0 Å². The molecular formula is C23H19BrN2O2. The molecule has 0 unspecified atom stereocenters. The van der Waals surface area contributed by atoms with Crippen LogP contribution in [-0.4, -0.2) is 18.4 Å². The minimum atomic E-state index is -0.704. The molecule has 5 heteroatoms. The highest BCUT2D eigenvalue weighted by Crippen LogP contribution is 2.35. The minimum Gasteiger partial charge on any atom is -0.301 e. The summed E-state index contributed by atoms with van der Waals surface area (Å²) in [4.78, 5) is 29.9. The Morgan fingerprint density at radius 2 is 1.43 bits per heavy atom. The number of carbonyl (C=O) groups excluding carboxylic acids is 2. The Hall–Kier alpha value is -2.92. The maximum atomic E-state index is 13.5. The second kappa shape index (κ2) is 7.60. The summed E-state index contributed by atoms with van der Waals surface area (Å²) in [6, 6.07) is 23.9. The fraction of sp³-hybridized carbons (Fsp3) is 0.130. The summed E-state index contributed by atoms with van der Waals surface area (Å²) in [6.45, 7) is 2.01. The number of hydrogen-bond donors (Lipinski definition) is 0. The van der Waals surface area contributed by atoms with Crippen LogP contribution in [0.3, 0.4) is 0 Å². The molecule has 0 N–H and O–H groups in total. The normalized spacial score (nSPS) is 17.1. The van der Waals surface area contributed by atoms with Crippen LogP contribution in [-0.2, 0) is 9.59 Å². The fourth-order valence-electron chi connectivity index (χ4n) is 3.46. The number of benzene rings is 3. The first-order valence-electron chi connectivity index (χ1n) is 9.05. The van der Waals surface area contributed by atoms with E-state index in [0.717, 1.165) is 21.3 Å². The molecule has 4 rings (SSSR count). The highest BCUT2D eigenvalue weighted by molar-refractivity contribution is 9.10. The number of amides is 2. The maximum Gasteiger partial charge on any atom is 0.255 e. The van der Waals surface area contributed by atoms with Crippen LogP contribution in [0.2, 0.25) is 0 Å². The van der Waals surface area contributed by atoms with E-state index in [1.807, 2.05) is 85.8 Å². The average molecular weight is 435 g/mol. The van der Waals surface area contributed by atoms with Crippen molar-refractivity contribution in [3.05, 3.63) is 94.5 Å². The lowest BCUT2D eigenvalue weighted by atomic mass is 9.99. The zero-order chi connectivity index (χ0) is 19.7. The molecule has 1 aliphatic rings. The van der Waals surface area contributed by atoms with Gasteiger partial charge in [0.1, 0.15) is 12.6 Å². The molecule has 0 bridgehead atoms. The summed E-state index contributed by atoms with van der Waals surface area (Å²) in [5.41, 5.74) is 3.34. The van der Waals surface area contributed by atoms with E-state index >= 15 is 0 Å². The van der Waals surface area contributed by atoms with Crippen molar-refractivity contribution < 1.29 is 9.59 Å². The molecule has 28 heavy (non-hydrogen) atoms. The minimum absolute atomic E-state index is 0.0152. The van der Waals surface area contributed by atoms with Crippen LogP contribution in [0.4, 0.5) is 11.4 Å². The first kappa shape index (κ1) is 18.4. The number of rotatable bonds is 3. The van der Waals surface area contributed by atoms with Crippen LogP contribution in [0.25, 0.3) is 0 Å². The van der Waals surface area contributed by atoms with Crippen LogP contribution in [0.5, 0.6) is 0 Å². The second-order valence-corrected chi connectivity index (χ2v) is 7.73. The van der Waals surface area contributed by atoms with Gasteiger partial charge in [-0.2, -0.15) is 0 Å². The quantitative estimate of drug-likeness (QED) is 0.589. The summed E-state index contributed by atoms with van der Waals surface area (Å²) < 4.78 is 0.921. The molecule has 3 aromatic carbocycles. The lowest BCUT2D eigenvalue weighted by Crippen LogP contribution is -2.56. The van der Waals surface area contributed by atoms with Gasteiger partial charge in [-0.25, -0.2) is 0 Å². The molecule has 0 aromatic heterocycles. The molecule has 1 fully saturated rings. The predicted molar refractivity (Wildman–Crippen MR) is 114 cm³/mol. The Kier molecular flexibility index (Phi) is 5.01. The Morgan fingerprint density at radius 1 is 0.821 bits per heavy atom. The van der Waals surface area contributed by atoms with Gasteiger partial charge in [-0.15, -0.1) is 0 Å². The maximum absolute atomic E-state index is 13.5. The Bertz CT molecular complexity index is 1000. The first-order chi connectivity index (χ1) is 13.5. The van der Waals surface area contributed by atoms with Crippen molar-refractivity contribution in [2.75, 3.05) is 16.3 Å². The van der Waals surface area contributed by atoms with E-state index < -0.39 is 6.04 Å². The van der Waals surface area contributed by atoms with Gasteiger partial charge in [0, 0.05) is 15.8 Å². The molecule has 3 aromatic rings. The first-order valence-corrected chi connectivity index (χ1v) is 9.84. The van der Waals surface area contributed by atoms with Crippen LogP contribution in [0, 0.1) is 6.92 Å². The van der Waals surface area contributed by atoms with Gasteiger partial charge in [0.05, 0.1) is 0 Å².